The molecule has 0 radical (unpaired) electrons. The first-order valence-corrected chi connectivity index (χ1v) is 10.3. The molecule has 160 valence electrons. The molecule has 0 atom stereocenters. The molecule has 3 nitrogen and oxygen atoms in total. The molecule has 0 unspecified atom stereocenters. The summed E-state index contributed by atoms with van der Waals surface area (Å²) >= 11 is 0. The van der Waals surface area contributed by atoms with E-state index in [0.717, 1.165) is 5.69 Å². The van der Waals surface area contributed by atoms with E-state index in [0.29, 0.717) is 31.5 Å². The number of nitrogens with zero attached hydrogens (tertiary/aromatic N) is 2. The zero-order valence-electron chi connectivity index (χ0n) is 17.0. The van der Waals surface area contributed by atoms with Gasteiger partial charge in [-0.15, -0.1) is 0 Å². The largest absolute Gasteiger partial charge is 0.305 e. The van der Waals surface area contributed by atoms with Gasteiger partial charge in [-0.05, 0) is 61.4 Å². The molecule has 0 spiro atoms. The fraction of sp³-hybridized carbons (Fsp3) is 0.240. The van der Waals surface area contributed by atoms with Gasteiger partial charge in [0.25, 0.3) is 5.91 Å². The summed E-state index contributed by atoms with van der Waals surface area (Å²) in [6, 6.07) is 18.7. The topological polar surface area (TPSA) is 23.6 Å². The summed E-state index contributed by atoms with van der Waals surface area (Å²) in [5.41, 5.74) is 1.26. The van der Waals surface area contributed by atoms with E-state index in [1.165, 1.54) is 42.5 Å². The average molecular weight is 424 g/mol. The van der Waals surface area contributed by atoms with E-state index < -0.39 is 17.5 Å². The fourth-order valence-corrected chi connectivity index (χ4v) is 4.06. The summed E-state index contributed by atoms with van der Waals surface area (Å²) in [5.74, 6) is -1.67. The van der Waals surface area contributed by atoms with Crippen molar-refractivity contribution in [2.75, 3.05) is 18.0 Å². The second kappa shape index (κ2) is 9.35. The molecule has 0 aliphatic carbocycles. The standard InChI is InChI=1S/C25H23F3N2O/c26-19-11-9-18(10-12-19)25(31)30(20-5-2-1-3-6-20)21-13-15-29(16-14-21)17-22-23(27)7-4-8-24(22)28/h1-12,21H,13-17H2. The van der Waals surface area contributed by atoms with Crippen LogP contribution in [0.25, 0.3) is 0 Å². The van der Waals surface area contributed by atoms with E-state index >= 15 is 0 Å². The van der Waals surface area contributed by atoms with Gasteiger partial charge in [0.1, 0.15) is 17.5 Å². The molecule has 1 heterocycles. The van der Waals surface area contributed by atoms with E-state index in [2.05, 4.69) is 0 Å². The van der Waals surface area contributed by atoms with Gasteiger partial charge in [0.05, 0.1) is 0 Å². The third kappa shape index (κ3) is 4.80. The molecule has 4 rings (SSSR count). The number of carbonyl (C=O) groups is 1. The molecule has 0 saturated carbocycles. The Hall–Kier alpha value is -3.12. The van der Waals surface area contributed by atoms with Crippen LogP contribution in [-0.4, -0.2) is 29.9 Å². The van der Waals surface area contributed by atoms with E-state index in [-0.39, 0.29) is 24.1 Å². The molecule has 1 fully saturated rings. The van der Waals surface area contributed by atoms with Gasteiger partial charge < -0.3 is 4.90 Å². The zero-order valence-corrected chi connectivity index (χ0v) is 17.0. The second-order valence-corrected chi connectivity index (χ2v) is 7.73. The lowest BCUT2D eigenvalue weighted by molar-refractivity contribution is 0.0958. The number of halogens is 3. The molecule has 1 amide bonds. The van der Waals surface area contributed by atoms with Crippen molar-refractivity contribution in [3.05, 3.63) is 101 Å². The van der Waals surface area contributed by atoms with Crippen molar-refractivity contribution in [3.8, 4) is 0 Å². The number of anilines is 1. The molecule has 1 aliphatic heterocycles. The minimum atomic E-state index is -0.542. The second-order valence-electron chi connectivity index (χ2n) is 7.73. The van der Waals surface area contributed by atoms with Crippen molar-refractivity contribution in [2.45, 2.75) is 25.4 Å². The van der Waals surface area contributed by atoms with Crippen LogP contribution in [-0.2, 0) is 6.54 Å². The molecule has 0 aromatic heterocycles. The number of benzene rings is 3. The molecule has 0 bridgehead atoms. The summed E-state index contributed by atoms with van der Waals surface area (Å²) in [7, 11) is 0. The highest BCUT2D eigenvalue weighted by atomic mass is 19.1. The predicted octanol–water partition coefficient (Wildman–Crippen LogP) is 5.42. The molecule has 1 aliphatic rings. The highest BCUT2D eigenvalue weighted by Gasteiger charge is 2.30. The number of hydrogen-bond donors (Lipinski definition) is 0. The van der Waals surface area contributed by atoms with Crippen molar-refractivity contribution in [1.82, 2.24) is 4.90 Å². The number of piperidine rings is 1. The van der Waals surface area contributed by atoms with E-state index in [1.807, 2.05) is 35.2 Å². The van der Waals surface area contributed by atoms with Gasteiger partial charge in [0, 0.05) is 42.5 Å². The Bertz CT molecular complexity index is 1010. The predicted molar refractivity (Wildman–Crippen MR) is 114 cm³/mol. The summed E-state index contributed by atoms with van der Waals surface area (Å²) in [5, 5.41) is 0. The van der Waals surface area contributed by atoms with E-state index in [1.54, 1.807) is 4.90 Å². The van der Waals surface area contributed by atoms with Gasteiger partial charge in [-0.25, -0.2) is 13.2 Å². The van der Waals surface area contributed by atoms with Crippen LogP contribution in [0.4, 0.5) is 18.9 Å². The Morgan fingerprint density at radius 2 is 1.45 bits per heavy atom. The Morgan fingerprint density at radius 1 is 0.839 bits per heavy atom. The SMILES string of the molecule is O=C(c1ccc(F)cc1)N(c1ccccc1)C1CCN(Cc2c(F)cccc2F)CC1. The Morgan fingerprint density at radius 3 is 2.06 bits per heavy atom. The van der Waals surface area contributed by atoms with Crippen LogP contribution in [0.1, 0.15) is 28.8 Å². The lowest BCUT2D eigenvalue weighted by Gasteiger charge is -2.38. The lowest BCUT2D eigenvalue weighted by Crippen LogP contribution is -2.47. The summed E-state index contributed by atoms with van der Waals surface area (Å²) in [6.45, 7) is 1.42. The minimum Gasteiger partial charge on any atom is -0.305 e. The van der Waals surface area contributed by atoms with Crippen molar-refractivity contribution in [3.63, 3.8) is 0 Å². The molecule has 0 N–H and O–H groups in total. The molecule has 3 aromatic rings. The Balaban J connectivity index is 1.51. The van der Waals surface area contributed by atoms with Crippen molar-refractivity contribution >= 4 is 11.6 Å². The highest BCUT2D eigenvalue weighted by molar-refractivity contribution is 6.06. The molecule has 1 saturated heterocycles. The number of likely N-dealkylation sites (tertiary alicyclic amines) is 1. The first-order valence-electron chi connectivity index (χ1n) is 10.3. The third-order valence-electron chi connectivity index (χ3n) is 5.71. The Kier molecular flexibility index (Phi) is 6.37. The van der Waals surface area contributed by atoms with E-state index in [9.17, 15) is 18.0 Å². The van der Waals surface area contributed by atoms with Crippen LogP contribution >= 0.6 is 0 Å². The third-order valence-corrected chi connectivity index (χ3v) is 5.71. The molecular weight excluding hydrogens is 401 g/mol. The molecule has 31 heavy (non-hydrogen) atoms. The quantitative estimate of drug-likeness (QED) is 0.546. The maximum absolute atomic E-state index is 14.0. The van der Waals surface area contributed by atoms with Crippen molar-refractivity contribution < 1.29 is 18.0 Å². The van der Waals surface area contributed by atoms with Gasteiger partial charge in [-0.2, -0.15) is 0 Å². The first-order chi connectivity index (χ1) is 15.0. The maximum atomic E-state index is 14.0. The van der Waals surface area contributed by atoms with Crippen LogP contribution in [0.2, 0.25) is 0 Å². The normalized spacial score (nSPS) is 15.1. The molecule has 6 heteroatoms. The smallest absolute Gasteiger partial charge is 0.258 e. The van der Waals surface area contributed by atoms with Crippen LogP contribution in [0.15, 0.2) is 72.8 Å². The van der Waals surface area contributed by atoms with Gasteiger partial charge in [-0.1, -0.05) is 24.3 Å². The summed E-state index contributed by atoms with van der Waals surface area (Å²) in [6.07, 6.45) is 1.33. The van der Waals surface area contributed by atoms with Gasteiger partial charge in [0.15, 0.2) is 0 Å². The van der Waals surface area contributed by atoms with Gasteiger partial charge in [-0.3, -0.25) is 9.69 Å². The first kappa shape index (κ1) is 21.1. The Labute approximate surface area is 179 Å². The number of hydrogen-bond acceptors (Lipinski definition) is 2. The molecule has 3 aromatic carbocycles. The maximum Gasteiger partial charge on any atom is 0.258 e. The van der Waals surface area contributed by atoms with Crippen molar-refractivity contribution in [1.29, 1.82) is 0 Å². The minimum absolute atomic E-state index is 0.0679. The summed E-state index contributed by atoms with van der Waals surface area (Å²) < 4.78 is 41.3. The fourth-order valence-electron chi connectivity index (χ4n) is 4.06. The lowest BCUT2D eigenvalue weighted by atomic mass is 10.00. The monoisotopic (exact) mass is 424 g/mol. The highest BCUT2D eigenvalue weighted by Crippen LogP contribution is 2.27. The van der Waals surface area contributed by atoms with Crippen LogP contribution in [0, 0.1) is 17.5 Å². The summed E-state index contributed by atoms with van der Waals surface area (Å²) in [4.78, 5) is 17.1. The zero-order chi connectivity index (χ0) is 21.8. The number of rotatable bonds is 5. The van der Waals surface area contributed by atoms with Crippen LogP contribution in [0.3, 0.4) is 0 Å². The molecular formula is C25H23F3N2O. The average Bonchev–Trinajstić information content (AvgIpc) is 2.79. The van der Waals surface area contributed by atoms with Gasteiger partial charge in [0.2, 0.25) is 0 Å². The number of amides is 1. The van der Waals surface area contributed by atoms with E-state index in [4.69, 9.17) is 0 Å². The van der Waals surface area contributed by atoms with Crippen LogP contribution in [0.5, 0.6) is 0 Å². The van der Waals surface area contributed by atoms with Crippen molar-refractivity contribution in [2.24, 2.45) is 0 Å². The van der Waals surface area contributed by atoms with Gasteiger partial charge >= 0.3 is 0 Å². The number of carbonyl (C=O) groups excluding carboxylic acids is 1. The number of para-hydroxylation sites is 1. The van der Waals surface area contributed by atoms with Crippen LogP contribution < -0.4 is 4.90 Å².